The molecule has 8 heteroatoms. The number of nitrogens with zero attached hydrogens (tertiary/aromatic N) is 2. The highest BCUT2D eigenvalue weighted by Gasteiger charge is 2.33. The van der Waals surface area contributed by atoms with Crippen LogP contribution in [0, 0.1) is 6.92 Å². The maximum Gasteiger partial charge on any atom is 0.433 e. The number of anilines is 1. The molecule has 0 aliphatic carbocycles. The fraction of sp³-hybridized carbons (Fsp3) is 0.190. The van der Waals surface area contributed by atoms with E-state index in [0.717, 1.165) is 24.1 Å². The number of amides is 1. The zero-order valence-corrected chi connectivity index (χ0v) is 16.4. The van der Waals surface area contributed by atoms with Gasteiger partial charge in [-0.15, -0.1) is 0 Å². The minimum atomic E-state index is -4.56. The lowest BCUT2D eigenvalue weighted by molar-refractivity contribution is -0.141. The van der Waals surface area contributed by atoms with E-state index in [1.165, 1.54) is 6.92 Å². The van der Waals surface area contributed by atoms with Crippen LogP contribution in [0.2, 0.25) is 5.02 Å². The maximum atomic E-state index is 12.8. The smallest absolute Gasteiger partial charge is 0.322 e. The molecule has 0 aliphatic rings. The molecule has 0 bridgehead atoms. The van der Waals surface area contributed by atoms with Crippen molar-refractivity contribution in [1.82, 2.24) is 9.97 Å². The number of aromatic nitrogens is 2. The van der Waals surface area contributed by atoms with Crippen molar-refractivity contribution in [2.75, 3.05) is 5.32 Å². The van der Waals surface area contributed by atoms with E-state index in [1.807, 2.05) is 19.1 Å². The zero-order valence-electron chi connectivity index (χ0n) is 15.6. The molecule has 0 spiro atoms. The van der Waals surface area contributed by atoms with E-state index in [-0.39, 0.29) is 11.3 Å². The molecule has 150 valence electrons. The van der Waals surface area contributed by atoms with Crippen molar-refractivity contribution in [3.05, 3.63) is 76.2 Å². The molecule has 0 unspecified atom stereocenters. The van der Waals surface area contributed by atoms with E-state index in [9.17, 15) is 18.0 Å². The van der Waals surface area contributed by atoms with Crippen molar-refractivity contribution >= 4 is 23.2 Å². The van der Waals surface area contributed by atoms with Gasteiger partial charge in [0.05, 0.1) is 22.0 Å². The number of aryl methyl sites for hydroxylation is 2. The summed E-state index contributed by atoms with van der Waals surface area (Å²) in [6.07, 6.45) is -2.04. The van der Waals surface area contributed by atoms with Crippen LogP contribution in [-0.4, -0.2) is 15.9 Å². The first-order chi connectivity index (χ1) is 13.7. The molecule has 1 N–H and O–H groups in total. The summed E-state index contributed by atoms with van der Waals surface area (Å²) in [7, 11) is 0. The fourth-order valence-electron chi connectivity index (χ4n) is 2.80. The number of benzene rings is 1. The molecule has 4 nitrogen and oxygen atoms in total. The summed E-state index contributed by atoms with van der Waals surface area (Å²) < 4.78 is 38.3. The number of carbonyl (C=O) groups excluding carboxylic acids is 1. The quantitative estimate of drug-likeness (QED) is 0.569. The Bertz CT molecular complexity index is 1070. The third kappa shape index (κ3) is 4.74. The maximum absolute atomic E-state index is 12.8. The van der Waals surface area contributed by atoms with Gasteiger partial charge in [-0.3, -0.25) is 9.78 Å². The lowest BCUT2D eigenvalue weighted by Crippen LogP contribution is -2.16. The number of hydrogen-bond acceptors (Lipinski definition) is 3. The van der Waals surface area contributed by atoms with E-state index in [1.54, 1.807) is 24.4 Å². The molecule has 0 fully saturated rings. The van der Waals surface area contributed by atoms with Crippen molar-refractivity contribution in [3.8, 4) is 11.3 Å². The lowest BCUT2D eigenvalue weighted by Gasteiger charge is -2.12. The molecule has 0 aliphatic heterocycles. The Labute approximate surface area is 170 Å². The number of nitrogens with one attached hydrogen (secondary N) is 1. The molecule has 2 heterocycles. The van der Waals surface area contributed by atoms with Crippen LogP contribution >= 0.6 is 11.6 Å². The normalized spacial score (nSPS) is 11.4. The summed E-state index contributed by atoms with van der Waals surface area (Å²) in [5.74, 6) is -0.563. The second-order valence-electron chi connectivity index (χ2n) is 6.38. The van der Waals surface area contributed by atoms with E-state index in [0.29, 0.717) is 22.0 Å². The highest BCUT2D eigenvalue weighted by Crippen LogP contribution is 2.31. The first-order valence-electron chi connectivity index (χ1n) is 8.80. The molecule has 0 saturated carbocycles. The summed E-state index contributed by atoms with van der Waals surface area (Å²) in [6.45, 7) is 3.38. The van der Waals surface area contributed by atoms with E-state index in [4.69, 9.17) is 11.6 Å². The second kappa shape index (κ2) is 8.21. The van der Waals surface area contributed by atoms with Gasteiger partial charge in [0.15, 0.2) is 0 Å². The van der Waals surface area contributed by atoms with Crippen LogP contribution < -0.4 is 5.32 Å². The number of alkyl halides is 3. The molecule has 3 rings (SSSR count). The van der Waals surface area contributed by atoms with Gasteiger partial charge in [0.25, 0.3) is 5.91 Å². The van der Waals surface area contributed by atoms with Gasteiger partial charge in [-0.25, -0.2) is 4.98 Å². The zero-order chi connectivity index (χ0) is 21.2. The average Bonchev–Trinajstić information content (AvgIpc) is 2.68. The summed E-state index contributed by atoms with van der Waals surface area (Å²) in [6, 6.07) is 10.6. The predicted molar refractivity (Wildman–Crippen MR) is 106 cm³/mol. The Morgan fingerprint density at radius 3 is 2.55 bits per heavy atom. The summed E-state index contributed by atoms with van der Waals surface area (Å²) in [4.78, 5) is 20.4. The lowest BCUT2D eigenvalue weighted by atomic mass is 10.1. The molecule has 1 aromatic carbocycles. The molecule has 3 aromatic rings. The van der Waals surface area contributed by atoms with Crippen molar-refractivity contribution in [2.45, 2.75) is 26.4 Å². The standard InChI is InChI=1S/C21H17ClF3N3O/c1-3-13-8-9-26-18(10-13)16-11-14(4-6-17(16)22)28-20(29)15-5-7-19(21(23,24)25)27-12(15)2/h4-11H,3H2,1-2H3,(H,28,29). The third-order valence-electron chi connectivity index (χ3n) is 4.35. The summed E-state index contributed by atoms with van der Waals surface area (Å²) in [5, 5.41) is 3.15. The average molecular weight is 420 g/mol. The van der Waals surface area contributed by atoms with Gasteiger partial charge in [-0.2, -0.15) is 13.2 Å². The van der Waals surface area contributed by atoms with Crippen LogP contribution in [0.1, 0.15) is 34.2 Å². The first-order valence-corrected chi connectivity index (χ1v) is 9.18. The molecule has 1 amide bonds. The largest absolute Gasteiger partial charge is 0.433 e. The van der Waals surface area contributed by atoms with Gasteiger partial charge in [-0.1, -0.05) is 18.5 Å². The Morgan fingerprint density at radius 1 is 1.14 bits per heavy atom. The van der Waals surface area contributed by atoms with Crippen molar-refractivity contribution < 1.29 is 18.0 Å². The van der Waals surface area contributed by atoms with Crippen LogP contribution in [0.15, 0.2) is 48.7 Å². The Balaban J connectivity index is 1.88. The SMILES string of the molecule is CCc1ccnc(-c2cc(NC(=O)c3ccc(C(F)(F)F)nc3C)ccc2Cl)c1. The summed E-state index contributed by atoms with van der Waals surface area (Å²) in [5.41, 5.74) is 1.84. The molecular weight excluding hydrogens is 403 g/mol. The van der Waals surface area contributed by atoms with Crippen molar-refractivity contribution in [3.63, 3.8) is 0 Å². The van der Waals surface area contributed by atoms with Crippen molar-refractivity contribution in [1.29, 1.82) is 0 Å². The number of carbonyl (C=O) groups is 1. The van der Waals surface area contributed by atoms with Gasteiger partial charge >= 0.3 is 6.18 Å². The highest BCUT2D eigenvalue weighted by atomic mass is 35.5. The third-order valence-corrected chi connectivity index (χ3v) is 4.68. The Hall–Kier alpha value is -2.93. The van der Waals surface area contributed by atoms with E-state index < -0.39 is 17.8 Å². The number of rotatable bonds is 4. The van der Waals surface area contributed by atoms with Crippen LogP contribution in [-0.2, 0) is 12.6 Å². The summed E-state index contributed by atoms with van der Waals surface area (Å²) >= 11 is 6.30. The number of hydrogen-bond donors (Lipinski definition) is 1. The molecule has 2 aromatic heterocycles. The van der Waals surface area contributed by atoms with Crippen molar-refractivity contribution in [2.24, 2.45) is 0 Å². The molecular formula is C21H17ClF3N3O. The monoisotopic (exact) mass is 419 g/mol. The predicted octanol–water partition coefficient (Wildman–Crippen LogP) is 5.94. The molecule has 0 saturated heterocycles. The van der Waals surface area contributed by atoms with Gasteiger partial charge in [-0.05, 0) is 61.4 Å². The Kier molecular flexibility index (Phi) is 5.88. The topological polar surface area (TPSA) is 54.9 Å². The highest BCUT2D eigenvalue weighted by molar-refractivity contribution is 6.33. The van der Waals surface area contributed by atoms with Gasteiger partial charge < -0.3 is 5.32 Å². The molecule has 0 radical (unpaired) electrons. The van der Waals surface area contributed by atoms with Crippen LogP contribution in [0.25, 0.3) is 11.3 Å². The van der Waals surface area contributed by atoms with Gasteiger partial charge in [0.1, 0.15) is 5.69 Å². The minimum absolute atomic E-state index is 0.0103. The van der Waals surface area contributed by atoms with Crippen LogP contribution in [0.4, 0.5) is 18.9 Å². The van der Waals surface area contributed by atoms with Gasteiger partial charge in [0.2, 0.25) is 0 Å². The van der Waals surface area contributed by atoms with Crippen LogP contribution in [0.3, 0.4) is 0 Å². The van der Waals surface area contributed by atoms with Gasteiger partial charge in [0, 0.05) is 17.4 Å². The second-order valence-corrected chi connectivity index (χ2v) is 6.79. The van der Waals surface area contributed by atoms with E-state index >= 15 is 0 Å². The number of halogens is 4. The molecule has 0 atom stereocenters. The van der Waals surface area contributed by atoms with E-state index in [2.05, 4.69) is 15.3 Å². The van der Waals surface area contributed by atoms with Crippen LogP contribution in [0.5, 0.6) is 0 Å². The minimum Gasteiger partial charge on any atom is -0.322 e. The number of pyridine rings is 2. The molecule has 29 heavy (non-hydrogen) atoms. The fourth-order valence-corrected chi connectivity index (χ4v) is 3.01. The first kappa shape index (κ1) is 20.8. The Morgan fingerprint density at radius 2 is 1.90 bits per heavy atom.